The maximum absolute atomic E-state index is 8.16. The Morgan fingerprint density at radius 3 is 2.83 bits per heavy atom. The molecule has 0 spiro atoms. The molecule has 1 heterocycles. The molecular weight excluding hydrogens is 82.0 g/mol. The fraction of sp³-hybridized carbons (Fsp3) is 0. The summed E-state index contributed by atoms with van der Waals surface area (Å²) in [6.07, 6.45) is 3.51. The van der Waals surface area contributed by atoms with Gasteiger partial charge in [-0.25, -0.2) is 0 Å². The van der Waals surface area contributed by atoms with Gasteiger partial charge >= 0.3 is 0 Å². The van der Waals surface area contributed by atoms with E-state index in [-0.39, 0.29) is 0 Å². The first-order chi connectivity index (χ1) is 2.89. The minimum absolute atomic E-state index is 0.514. The van der Waals surface area contributed by atoms with E-state index in [1.165, 1.54) is 6.20 Å². The Bertz CT molecular complexity index is 112. The average molecular weight is 84.1 g/mol. The second-order valence-corrected chi connectivity index (χ2v) is 0.753. The quantitative estimate of drug-likeness (QED) is 0.423. The second-order valence-electron chi connectivity index (χ2n) is 0.753. The molecule has 0 aromatic carbocycles. The summed E-state index contributed by atoms with van der Waals surface area (Å²) in [4.78, 5) is 0.514. The smallest absolute Gasteiger partial charge is 0.153 e. The predicted octanol–water partition coefficient (Wildman–Crippen LogP) is -0.684. The number of hydrogen-bond donors (Lipinski definition) is 1. The lowest BCUT2D eigenvalue weighted by Crippen LogP contribution is -1.88. The predicted molar refractivity (Wildman–Crippen MR) is 16.0 cm³/mol. The monoisotopic (exact) mass is 84.0 g/mol. The van der Waals surface area contributed by atoms with E-state index in [1.54, 1.807) is 0 Å². The van der Waals surface area contributed by atoms with Crippen molar-refractivity contribution in [1.82, 2.24) is 15.2 Å². The van der Waals surface area contributed by atoms with Gasteiger partial charge in [-0.1, -0.05) is 4.85 Å². The van der Waals surface area contributed by atoms with Crippen LogP contribution in [0.25, 0.3) is 0 Å². The summed E-state index contributed by atoms with van der Waals surface area (Å²) in [7, 11) is 0. The average Bonchev–Trinajstić information content (AvgIpc) is 1.86. The highest BCUT2D eigenvalue weighted by Gasteiger charge is 1.75. The number of rotatable bonds is 0. The van der Waals surface area contributed by atoms with Crippen molar-refractivity contribution in [2.45, 2.75) is 0 Å². The van der Waals surface area contributed by atoms with Crippen LogP contribution in [0.5, 0.6) is 0 Å². The van der Waals surface area contributed by atoms with Crippen LogP contribution in [0.15, 0.2) is 6.20 Å². The Labute approximate surface area is 34.0 Å². The summed E-state index contributed by atoms with van der Waals surface area (Å²) in [5, 5.41) is 14.5. The maximum Gasteiger partial charge on any atom is 0.153 e. The number of nitrogens with zero attached hydrogens (tertiary/aromatic N) is 3. The van der Waals surface area contributed by atoms with Gasteiger partial charge in [0.05, 0.1) is 6.20 Å². The first-order valence-corrected chi connectivity index (χ1v) is 1.37. The molecule has 0 amide bonds. The van der Waals surface area contributed by atoms with Crippen molar-refractivity contribution in [2.75, 3.05) is 0 Å². The molecule has 31 valence electrons. The van der Waals surface area contributed by atoms with E-state index in [4.69, 9.17) is 5.21 Å². The van der Waals surface area contributed by atoms with E-state index < -0.39 is 0 Å². The molecule has 0 aliphatic heterocycles. The topological polar surface area (TPSA) is 50.9 Å². The molecule has 0 fully saturated rings. The summed E-state index contributed by atoms with van der Waals surface area (Å²) in [5.41, 5.74) is 0. The third kappa shape index (κ3) is 0.314. The first kappa shape index (κ1) is 3.14. The van der Waals surface area contributed by atoms with E-state index >= 15 is 0 Å². The molecule has 4 nitrogen and oxygen atoms in total. The summed E-state index contributed by atoms with van der Waals surface area (Å²) in [6.45, 7) is 0. The van der Waals surface area contributed by atoms with Gasteiger partial charge in [0.15, 0.2) is 6.20 Å². The number of aromatic nitrogens is 3. The summed E-state index contributed by atoms with van der Waals surface area (Å²) in [5.74, 6) is 0. The zero-order valence-electron chi connectivity index (χ0n) is 2.87. The number of hydrogen-bond acceptors (Lipinski definition) is 3. The Morgan fingerprint density at radius 1 is 1.83 bits per heavy atom. The molecule has 0 aliphatic rings. The van der Waals surface area contributed by atoms with Gasteiger partial charge in [0, 0.05) is 0 Å². The zero-order chi connectivity index (χ0) is 4.41. The lowest BCUT2D eigenvalue weighted by molar-refractivity contribution is 0.141. The van der Waals surface area contributed by atoms with Crippen LogP contribution in [0.4, 0.5) is 0 Å². The van der Waals surface area contributed by atoms with Crippen molar-refractivity contribution in [2.24, 2.45) is 0 Å². The van der Waals surface area contributed by atoms with Gasteiger partial charge in [-0.15, -0.1) is 5.10 Å². The molecule has 1 aromatic heterocycles. The normalized spacial score (nSPS) is 8.67. The lowest BCUT2D eigenvalue weighted by Gasteiger charge is -1.72. The van der Waals surface area contributed by atoms with Crippen LogP contribution in [0.1, 0.15) is 0 Å². The van der Waals surface area contributed by atoms with E-state index in [0.29, 0.717) is 4.85 Å². The van der Waals surface area contributed by atoms with E-state index in [2.05, 4.69) is 16.5 Å². The molecule has 1 aromatic rings. The molecule has 0 aliphatic carbocycles. The van der Waals surface area contributed by atoms with E-state index in [1.807, 2.05) is 0 Å². The van der Waals surface area contributed by atoms with Gasteiger partial charge in [0.25, 0.3) is 0 Å². The zero-order valence-corrected chi connectivity index (χ0v) is 2.87. The molecule has 1 radical (unpaired) electrons. The third-order valence-electron chi connectivity index (χ3n) is 0.367. The lowest BCUT2D eigenvalue weighted by atomic mass is 11.0. The van der Waals surface area contributed by atoms with Crippen molar-refractivity contribution in [1.29, 1.82) is 0 Å². The van der Waals surface area contributed by atoms with Gasteiger partial charge in [-0.05, 0) is 5.21 Å². The Kier molecular flexibility index (Phi) is 0.506. The summed E-state index contributed by atoms with van der Waals surface area (Å²) >= 11 is 0. The van der Waals surface area contributed by atoms with Gasteiger partial charge < -0.3 is 5.21 Å². The molecule has 1 N–H and O–H groups in total. The van der Waals surface area contributed by atoms with Gasteiger partial charge in [-0.3, -0.25) is 0 Å². The molecule has 0 saturated carbocycles. The van der Waals surface area contributed by atoms with Crippen LogP contribution >= 0.6 is 0 Å². The first-order valence-electron chi connectivity index (χ1n) is 1.37. The fourth-order valence-corrected chi connectivity index (χ4v) is 0.178. The third-order valence-corrected chi connectivity index (χ3v) is 0.367. The Balaban J connectivity index is 3.05. The molecule has 0 atom stereocenters. The maximum atomic E-state index is 8.16. The highest BCUT2D eigenvalue weighted by molar-refractivity contribution is 4.53. The molecular formula is C2H2N3O. The Morgan fingerprint density at radius 2 is 2.67 bits per heavy atom. The van der Waals surface area contributed by atoms with Crippen LogP contribution in [0.3, 0.4) is 0 Å². The fourth-order valence-electron chi connectivity index (χ4n) is 0.178. The van der Waals surface area contributed by atoms with E-state index in [9.17, 15) is 0 Å². The summed E-state index contributed by atoms with van der Waals surface area (Å²) < 4.78 is 0. The minimum Gasteiger partial charge on any atom is -0.410 e. The minimum atomic E-state index is 0.514. The highest BCUT2D eigenvalue weighted by Crippen LogP contribution is 1.63. The van der Waals surface area contributed by atoms with Crippen LogP contribution in [-0.4, -0.2) is 20.4 Å². The molecule has 4 heteroatoms. The van der Waals surface area contributed by atoms with Crippen molar-refractivity contribution in [3.63, 3.8) is 0 Å². The molecule has 6 heavy (non-hydrogen) atoms. The van der Waals surface area contributed by atoms with Crippen LogP contribution < -0.4 is 0 Å². The molecule has 1 rings (SSSR count). The van der Waals surface area contributed by atoms with Crippen LogP contribution in [0, 0.1) is 6.20 Å². The van der Waals surface area contributed by atoms with Gasteiger partial charge in [-0.2, -0.15) is 0 Å². The second kappa shape index (κ2) is 0.965. The highest BCUT2D eigenvalue weighted by atomic mass is 16.5. The van der Waals surface area contributed by atoms with Crippen LogP contribution in [0.2, 0.25) is 0 Å². The standard InChI is InChI=1S/C2H2N3O/c6-5-2-1-3-4-5/h1,6H. The van der Waals surface area contributed by atoms with Crippen molar-refractivity contribution >= 4 is 0 Å². The van der Waals surface area contributed by atoms with Crippen molar-refractivity contribution in [3.8, 4) is 0 Å². The Hall–Kier alpha value is -1.06. The van der Waals surface area contributed by atoms with Gasteiger partial charge in [0.1, 0.15) is 0 Å². The molecule has 0 bridgehead atoms. The van der Waals surface area contributed by atoms with E-state index in [0.717, 1.165) is 0 Å². The largest absolute Gasteiger partial charge is 0.410 e. The molecule has 0 saturated heterocycles. The van der Waals surface area contributed by atoms with Crippen LogP contribution in [-0.2, 0) is 0 Å². The van der Waals surface area contributed by atoms with Gasteiger partial charge in [0.2, 0.25) is 0 Å². The van der Waals surface area contributed by atoms with Crippen molar-refractivity contribution in [3.05, 3.63) is 12.4 Å². The molecule has 0 unspecified atom stereocenters. The SMILES string of the molecule is On1[c]cnn1. The summed E-state index contributed by atoms with van der Waals surface area (Å²) in [6, 6.07) is 0. The van der Waals surface area contributed by atoms with Crippen molar-refractivity contribution < 1.29 is 5.21 Å².